The van der Waals surface area contributed by atoms with Gasteiger partial charge in [-0.25, -0.2) is 0 Å². The highest BCUT2D eigenvalue weighted by Crippen LogP contribution is 2.35. The molecule has 1 saturated carbocycles. The zero-order valence-electron chi connectivity index (χ0n) is 9.92. The van der Waals surface area contributed by atoms with Crippen molar-refractivity contribution in [2.24, 2.45) is 5.92 Å². The fourth-order valence-corrected chi connectivity index (χ4v) is 1.63. The molecule has 0 aromatic heterocycles. The summed E-state index contributed by atoms with van der Waals surface area (Å²) in [5, 5.41) is 3.04. The molecule has 0 bridgehead atoms. The lowest BCUT2D eigenvalue weighted by Crippen LogP contribution is -2.54. The van der Waals surface area contributed by atoms with Gasteiger partial charge in [0.05, 0.1) is 5.54 Å². The lowest BCUT2D eigenvalue weighted by molar-refractivity contribution is -0.137. The normalized spacial score (nSPS) is 19.2. The van der Waals surface area contributed by atoms with E-state index in [9.17, 15) is 4.79 Å². The van der Waals surface area contributed by atoms with Crippen molar-refractivity contribution in [2.45, 2.75) is 45.2 Å². The van der Waals surface area contributed by atoms with Gasteiger partial charge in [0, 0.05) is 13.1 Å². The Labute approximate surface area is 86.9 Å². The molecule has 1 aliphatic carbocycles. The molecule has 3 nitrogen and oxygen atoms in total. The number of hydrogen-bond donors (Lipinski definition) is 1. The fourth-order valence-electron chi connectivity index (χ4n) is 1.63. The van der Waals surface area contributed by atoms with Gasteiger partial charge in [-0.2, -0.15) is 0 Å². The third-order valence-electron chi connectivity index (χ3n) is 3.40. The molecule has 0 aromatic rings. The SMILES string of the molecule is CNC(C)(C)C(=O)N(C)C(C)C1CC1. The predicted molar refractivity (Wildman–Crippen MR) is 58.1 cm³/mol. The van der Waals surface area contributed by atoms with Gasteiger partial charge in [0.2, 0.25) is 5.91 Å². The number of hydrogen-bond acceptors (Lipinski definition) is 2. The van der Waals surface area contributed by atoms with Crippen LogP contribution in [0.2, 0.25) is 0 Å². The first-order chi connectivity index (χ1) is 6.40. The second-order valence-corrected chi connectivity index (χ2v) is 4.87. The zero-order valence-corrected chi connectivity index (χ0v) is 9.92. The summed E-state index contributed by atoms with van der Waals surface area (Å²) in [6.07, 6.45) is 2.55. The first-order valence-corrected chi connectivity index (χ1v) is 5.36. The molecule has 1 atom stereocenters. The number of rotatable bonds is 4. The highest BCUT2D eigenvalue weighted by Gasteiger charge is 2.36. The maximum Gasteiger partial charge on any atom is 0.242 e. The Hall–Kier alpha value is -0.570. The predicted octanol–water partition coefficient (Wildman–Crippen LogP) is 1.24. The van der Waals surface area contributed by atoms with Crippen LogP contribution in [0, 0.1) is 5.92 Å². The van der Waals surface area contributed by atoms with E-state index in [4.69, 9.17) is 0 Å². The van der Waals surface area contributed by atoms with Gasteiger partial charge in [-0.3, -0.25) is 4.79 Å². The Morgan fingerprint density at radius 2 is 2.00 bits per heavy atom. The molecular weight excluding hydrogens is 176 g/mol. The van der Waals surface area contributed by atoms with E-state index in [0.717, 1.165) is 5.92 Å². The first kappa shape index (κ1) is 11.5. The van der Waals surface area contributed by atoms with Crippen molar-refractivity contribution in [3.63, 3.8) is 0 Å². The molecule has 3 heteroatoms. The van der Waals surface area contributed by atoms with Crippen molar-refractivity contribution in [3.05, 3.63) is 0 Å². The number of nitrogens with zero attached hydrogens (tertiary/aromatic N) is 1. The van der Waals surface area contributed by atoms with Crippen LogP contribution in [0.15, 0.2) is 0 Å². The van der Waals surface area contributed by atoms with Gasteiger partial charge >= 0.3 is 0 Å². The highest BCUT2D eigenvalue weighted by atomic mass is 16.2. The van der Waals surface area contributed by atoms with Gasteiger partial charge in [-0.15, -0.1) is 0 Å². The van der Waals surface area contributed by atoms with Crippen molar-refractivity contribution in [2.75, 3.05) is 14.1 Å². The van der Waals surface area contributed by atoms with Crippen LogP contribution < -0.4 is 5.32 Å². The maximum atomic E-state index is 12.0. The van der Waals surface area contributed by atoms with E-state index in [2.05, 4.69) is 12.2 Å². The van der Waals surface area contributed by atoms with Gasteiger partial charge < -0.3 is 10.2 Å². The van der Waals surface area contributed by atoms with Crippen LogP contribution >= 0.6 is 0 Å². The van der Waals surface area contributed by atoms with E-state index >= 15 is 0 Å². The van der Waals surface area contributed by atoms with Crippen molar-refractivity contribution in [1.82, 2.24) is 10.2 Å². The molecule has 82 valence electrons. The van der Waals surface area contributed by atoms with E-state index in [0.29, 0.717) is 6.04 Å². The smallest absolute Gasteiger partial charge is 0.242 e. The van der Waals surface area contributed by atoms with E-state index < -0.39 is 5.54 Å². The number of nitrogens with one attached hydrogen (secondary N) is 1. The molecule has 0 spiro atoms. The molecule has 0 radical (unpaired) electrons. The van der Waals surface area contributed by atoms with Gasteiger partial charge in [-0.1, -0.05) is 0 Å². The molecule has 0 aliphatic heterocycles. The number of carbonyl (C=O) groups excluding carboxylic acids is 1. The Bertz CT molecular complexity index is 221. The van der Waals surface area contributed by atoms with E-state index in [-0.39, 0.29) is 5.91 Å². The van der Waals surface area contributed by atoms with Gasteiger partial charge in [0.25, 0.3) is 0 Å². The molecule has 0 aromatic carbocycles. The monoisotopic (exact) mass is 198 g/mol. The average Bonchev–Trinajstić information content (AvgIpc) is 2.97. The molecule has 0 heterocycles. The molecule has 1 amide bonds. The van der Waals surface area contributed by atoms with Crippen LogP contribution in [0.4, 0.5) is 0 Å². The van der Waals surface area contributed by atoms with E-state index in [1.807, 2.05) is 32.8 Å². The molecule has 1 N–H and O–H groups in total. The lowest BCUT2D eigenvalue weighted by atomic mass is 10.0. The zero-order chi connectivity index (χ0) is 10.9. The minimum atomic E-state index is -0.447. The van der Waals surface area contributed by atoms with Crippen LogP contribution in [0.25, 0.3) is 0 Å². The van der Waals surface area contributed by atoms with Crippen LogP contribution in [-0.4, -0.2) is 36.5 Å². The maximum absolute atomic E-state index is 12.0. The van der Waals surface area contributed by atoms with Crippen LogP contribution in [0.3, 0.4) is 0 Å². The molecule has 1 aliphatic rings. The quantitative estimate of drug-likeness (QED) is 0.737. The summed E-state index contributed by atoms with van der Waals surface area (Å²) >= 11 is 0. The molecule has 1 rings (SSSR count). The summed E-state index contributed by atoms with van der Waals surface area (Å²) in [6.45, 7) is 5.98. The summed E-state index contributed by atoms with van der Waals surface area (Å²) < 4.78 is 0. The summed E-state index contributed by atoms with van der Waals surface area (Å²) in [4.78, 5) is 13.9. The van der Waals surface area contributed by atoms with Crippen LogP contribution in [0.5, 0.6) is 0 Å². The number of likely N-dealkylation sites (N-methyl/N-ethyl adjacent to an activating group) is 2. The minimum absolute atomic E-state index is 0.180. The van der Waals surface area contributed by atoms with Gasteiger partial charge in [-0.05, 0) is 46.6 Å². The second kappa shape index (κ2) is 3.89. The Kier molecular flexibility index (Phi) is 3.20. The van der Waals surface area contributed by atoms with Crippen molar-refractivity contribution < 1.29 is 4.79 Å². The van der Waals surface area contributed by atoms with Crippen molar-refractivity contribution >= 4 is 5.91 Å². The second-order valence-electron chi connectivity index (χ2n) is 4.87. The Balaban J connectivity index is 2.58. The van der Waals surface area contributed by atoms with Gasteiger partial charge in [0.15, 0.2) is 0 Å². The summed E-state index contributed by atoms with van der Waals surface area (Å²) in [5.41, 5.74) is -0.447. The standard InChI is InChI=1S/C11H22N2O/c1-8(9-6-7-9)13(5)10(14)11(2,3)12-4/h8-9,12H,6-7H2,1-5H3. The average molecular weight is 198 g/mol. The van der Waals surface area contributed by atoms with Crippen LogP contribution in [0.1, 0.15) is 33.6 Å². The summed E-state index contributed by atoms with van der Waals surface area (Å²) in [6, 6.07) is 0.384. The molecule has 0 saturated heterocycles. The fraction of sp³-hybridized carbons (Fsp3) is 0.909. The van der Waals surface area contributed by atoms with Crippen LogP contribution in [-0.2, 0) is 4.79 Å². The molecular formula is C11H22N2O. The Morgan fingerprint density at radius 1 is 1.50 bits per heavy atom. The molecule has 14 heavy (non-hydrogen) atoms. The van der Waals surface area contributed by atoms with E-state index in [1.54, 1.807) is 0 Å². The first-order valence-electron chi connectivity index (χ1n) is 5.36. The summed E-state index contributed by atoms with van der Waals surface area (Å²) in [5.74, 6) is 0.913. The van der Waals surface area contributed by atoms with Crippen molar-refractivity contribution in [1.29, 1.82) is 0 Å². The third-order valence-corrected chi connectivity index (χ3v) is 3.40. The minimum Gasteiger partial charge on any atom is -0.341 e. The topological polar surface area (TPSA) is 32.3 Å². The third kappa shape index (κ3) is 2.27. The Morgan fingerprint density at radius 3 is 2.36 bits per heavy atom. The van der Waals surface area contributed by atoms with Gasteiger partial charge in [0.1, 0.15) is 0 Å². The number of carbonyl (C=O) groups is 1. The van der Waals surface area contributed by atoms with E-state index in [1.165, 1.54) is 12.8 Å². The number of amides is 1. The largest absolute Gasteiger partial charge is 0.341 e. The summed E-state index contributed by atoms with van der Waals surface area (Å²) in [7, 11) is 3.73. The lowest BCUT2D eigenvalue weighted by Gasteiger charge is -2.33. The highest BCUT2D eigenvalue weighted by molar-refractivity contribution is 5.85. The van der Waals surface area contributed by atoms with Crippen molar-refractivity contribution in [3.8, 4) is 0 Å². The molecule has 1 unspecified atom stereocenters. The molecule has 1 fully saturated rings.